The Hall–Kier alpha value is -1.56. The number of hydrogen-bond acceptors (Lipinski definition) is 3. The second-order valence-electron chi connectivity index (χ2n) is 6.44. The van der Waals surface area contributed by atoms with Crippen molar-refractivity contribution in [1.29, 1.82) is 5.26 Å². The highest BCUT2D eigenvalue weighted by molar-refractivity contribution is 5.57. The molecule has 0 saturated heterocycles. The second-order valence-corrected chi connectivity index (χ2v) is 6.44. The van der Waals surface area contributed by atoms with Crippen LogP contribution in [0.4, 0.5) is 5.82 Å². The molecule has 0 spiro atoms. The van der Waals surface area contributed by atoms with Crippen LogP contribution in [0, 0.1) is 23.7 Å². The quantitative estimate of drug-likeness (QED) is 0.811. The Bertz CT molecular complexity index is 489. The molecule has 0 radical (unpaired) electrons. The molecule has 1 saturated carbocycles. The predicted octanol–water partition coefficient (Wildman–Crippen LogP) is 3.67. The molecular weight excluding hydrogens is 234 g/mol. The predicted molar refractivity (Wildman–Crippen MR) is 78.1 cm³/mol. The van der Waals surface area contributed by atoms with Gasteiger partial charge in [-0.25, -0.2) is 4.98 Å². The van der Waals surface area contributed by atoms with Crippen molar-refractivity contribution in [3.05, 3.63) is 23.4 Å². The van der Waals surface area contributed by atoms with E-state index in [0.29, 0.717) is 11.5 Å². The first-order valence-electron chi connectivity index (χ1n) is 7.03. The maximum atomic E-state index is 9.31. The van der Waals surface area contributed by atoms with Gasteiger partial charge in [0, 0.05) is 19.3 Å². The summed E-state index contributed by atoms with van der Waals surface area (Å²) in [5.74, 6) is 0.840. The number of hydrogen-bond donors (Lipinski definition) is 0. The van der Waals surface area contributed by atoms with Gasteiger partial charge in [-0.3, -0.25) is 0 Å². The van der Waals surface area contributed by atoms with Crippen molar-refractivity contribution in [2.45, 2.75) is 52.5 Å². The molecule has 1 heterocycles. The van der Waals surface area contributed by atoms with Crippen molar-refractivity contribution < 1.29 is 0 Å². The Morgan fingerprint density at radius 2 is 2.00 bits per heavy atom. The van der Waals surface area contributed by atoms with Crippen molar-refractivity contribution in [3.8, 4) is 6.07 Å². The van der Waals surface area contributed by atoms with Gasteiger partial charge in [0.15, 0.2) is 0 Å². The zero-order chi connectivity index (χ0) is 14.0. The molecule has 3 nitrogen and oxygen atoms in total. The monoisotopic (exact) mass is 257 g/mol. The SMILES string of the molecule is Cc1ccnc(N(C)C2CCC(C)(C)CC2)c1C#N. The Balaban J connectivity index is 2.19. The summed E-state index contributed by atoms with van der Waals surface area (Å²) in [7, 11) is 2.08. The minimum Gasteiger partial charge on any atom is -0.356 e. The van der Waals surface area contributed by atoms with Crippen molar-refractivity contribution in [3.63, 3.8) is 0 Å². The number of aromatic nitrogens is 1. The molecule has 0 atom stereocenters. The van der Waals surface area contributed by atoms with Crippen LogP contribution in [0.5, 0.6) is 0 Å². The van der Waals surface area contributed by atoms with E-state index >= 15 is 0 Å². The molecular formula is C16H23N3. The Morgan fingerprint density at radius 1 is 1.37 bits per heavy atom. The van der Waals surface area contributed by atoms with Gasteiger partial charge < -0.3 is 4.90 Å². The fourth-order valence-electron chi connectivity index (χ4n) is 2.89. The average molecular weight is 257 g/mol. The zero-order valence-corrected chi connectivity index (χ0v) is 12.4. The molecule has 1 aliphatic carbocycles. The summed E-state index contributed by atoms with van der Waals surface area (Å²) in [6.07, 6.45) is 6.66. The Kier molecular flexibility index (Phi) is 3.80. The van der Waals surface area contributed by atoms with Crippen LogP contribution in [-0.2, 0) is 0 Å². The lowest BCUT2D eigenvalue weighted by Crippen LogP contribution is -2.38. The van der Waals surface area contributed by atoms with Crippen LogP contribution in [0.1, 0.15) is 50.7 Å². The van der Waals surface area contributed by atoms with Crippen LogP contribution >= 0.6 is 0 Å². The van der Waals surface area contributed by atoms with Gasteiger partial charge >= 0.3 is 0 Å². The molecule has 102 valence electrons. The first kappa shape index (κ1) is 13.9. The molecule has 1 aliphatic rings. The largest absolute Gasteiger partial charge is 0.356 e. The van der Waals surface area contributed by atoms with E-state index in [1.165, 1.54) is 25.7 Å². The molecule has 0 aliphatic heterocycles. The van der Waals surface area contributed by atoms with Crippen molar-refractivity contribution >= 4 is 5.82 Å². The van der Waals surface area contributed by atoms with Crippen LogP contribution < -0.4 is 4.90 Å². The van der Waals surface area contributed by atoms with Gasteiger partial charge in [-0.15, -0.1) is 0 Å². The second kappa shape index (κ2) is 5.21. The molecule has 1 aromatic heterocycles. The van der Waals surface area contributed by atoms with E-state index < -0.39 is 0 Å². The van der Waals surface area contributed by atoms with Crippen LogP contribution in [-0.4, -0.2) is 18.1 Å². The lowest BCUT2D eigenvalue weighted by molar-refractivity contribution is 0.222. The van der Waals surface area contributed by atoms with E-state index in [-0.39, 0.29) is 0 Å². The molecule has 0 N–H and O–H groups in total. The highest BCUT2D eigenvalue weighted by atomic mass is 15.2. The van der Waals surface area contributed by atoms with Gasteiger partial charge in [-0.2, -0.15) is 5.26 Å². The molecule has 1 fully saturated rings. The molecule has 0 amide bonds. The summed E-state index contributed by atoms with van der Waals surface area (Å²) >= 11 is 0. The third-order valence-corrected chi connectivity index (χ3v) is 4.44. The third-order valence-electron chi connectivity index (χ3n) is 4.44. The van der Waals surface area contributed by atoms with Crippen molar-refractivity contribution in [2.24, 2.45) is 5.41 Å². The van der Waals surface area contributed by atoms with Gasteiger partial charge in [0.05, 0.1) is 5.56 Å². The molecule has 3 heteroatoms. The highest BCUT2D eigenvalue weighted by Gasteiger charge is 2.30. The van der Waals surface area contributed by atoms with Gasteiger partial charge in [0.1, 0.15) is 11.9 Å². The summed E-state index contributed by atoms with van der Waals surface area (Å²) in [6, 6.07) is 4.71. The normalized spacial score (nSPS) is 18.9. The Labute approximate surface area is 116 Å². The maximum absolute atomic E-state index is 9.31. The molecule has 1 aromatic rings. The topological polar surface area (TPSA) is 39.9 Å². The molecule has 0 aromatic carbocycles. The number of anilines is 1. The smallest absolute Gasteiger partial charge is 0.146 e. The van der Waals surface area contributed by atoms with E-state index in [0.717, 1.165) is 16.9 Å². The van der Waals surface area contributed by atoms with E-state index in [9.17, 15) is 5.26 Å². The Morgan fingerprint density at radius 3 is 2.58 bits per heavy atom. The summed E-state index contributed by atoms with van der Waals surface area (Å²) in [5, 5.41) is 9.31. The van der Waals surface area contributed by atoms with E-state index in [2.05, 4.69) is 36.8 Å². The highest BCUT2D eigenvalue weighted by Crippen LogP contribution is 2.37. The minimum absolute atomic E-state index is 0.468. The lowest BCUT2D eigenvalue weighted by Gasteiger charge is -2.39. The third kappa shape index (κ3) is 2.89. The van der Waals surface area contributed by atoms with Gasteiger partial charge in [-0.1, -0.05) is 13.8 Å². The fourth-order valence-corrected chi connectivity index (χ4v) is 2.89. The summed E-state index contributed by atoms with van der Waals surface area (Å²) in [5.41, 5.74) is 2.19. The molecule has 2 rings (SSSR count). The van der Waals surface area contributed by atoms with Gasteiger partial charge in [-0.05, 0) is 49.7 Å². The number of aryl methyl sites for hydroxylation is 1. The van der Waals surface area contributed by atoms with E-state index in [1.807, 2.05) is 13.0 Å². The number of rotatable bonds is 2. The standard InChI is InChI=1S/C16H23N3/c1-12-7-10-18-15(14(12)11-17)19(4)13-5-8-16(2,3)9-6-13/h7,10,13H,5-6,8-9H2,1-4H3. The van der Waals surface area contributed by atoms with Crippen LogP contribution in [0.2, 0.25) is 0 Å². The van der Waals surface area contributed by atoms with Gasteiger partial charge in [0.2, 0.25) is 0 Å². The summed E-state index contributed by atoms with van der Waals surface area (Å²) in [4.78, 5) is 6.63. The van der Waals surface area contributed by atoms with Crippen LogP contribution in [0.25, 0.3) is 0 Å². The minimum atomic E-state index is 0.468. The van der Waals surface area contributed by atoms with Gasteiger partial charge in [0.25, 0.3) is 0 Å². The first-order valence-corrected chi connectivity index (χ1v) is 7.03. The zero-order valence-electron chi connectivity index (χ0n) is 12.4. The average Bonchev–Trinajstić information content (AvgIpc) is 2.37. The maximum Gasteiger partial charge on any atom is 0.146 e. The lowest BCUT2D eigenvalue weighted by atomic mass is 9.75. The summed E-state index contributed by atoms with van der Waals surface area (Å²) < 4.78 is 0. The fraction of sp³-hybridized carbons (Fsp3) is 0.625. The van der Waals surface area contributed by atoms with E-state index in [4.69, 9.17) is 0 Å². The van der Waals surface area contributed by atoms with Crippen LogP contribution in [0.15, 0.2) is 12.3 Å². The molecule has 0 unspecified atom stereocenters. The molecule has 19 heavy (non-hydrogen) atoms. The first-order chi connectivity index (χ1) is 8.94. The van der Waals surface area contributed by atoms with Crippen LogP contribution in [0.3, 0.4) is 0 Å². The summed E-state index contributed by atoms with van der Waals surface area (Å²) in [6.45, 7) is 6.66. The number of nitrogens with zero attached hydrogens (tertiary/aromatic N) is 3. The van der Waals surface area contributed by atoms with Crippen molar-refractivity contribution in [2.75, 3.05) is 11.9 Å². The molecule has 0 bridgehead atoms. The van der Waals surface area contributed by atoms with E-state index in [1.54, 1.807) is 6.20 Å². The number of pyridine rings is 1. The number of nitriles is 1. The van der Waals surface area contributed by atoms with Crippen molar-refractivity contribution in [1.82, 2.24) is 4.98 Å².